The maximum atomic E-state index is 13.0. The fraction of sp³-hybridized carbons (Fsp3) is 0.792. The van der Waals surface area contributed by atoms with E-state index < -0.39 is 86.7 Å². The van der Waals surface area contributed by atoms with E-state index in [2.05, 4.69) is 74.6 Å². The molecule has 0 aromatic carbocycles. The first-order valence-corrected chi connectivity index (χ1v) is 25.9. The highest BCUT2D eigenvalue weighted by atomic mass is 16.7. The molecule has 67 heavy (non-hydrogen) atoms. The molecule has 2 rings (SSSR count). The Morgan fingerprint density at radius 1 is 0.507 bits per heavy atom. The number of carbonyl (C=O) groups excluding carboxylic acids is 1. The zero-order valence-corrected chi connectivity index (χ0v) is 41.1. The molecule has 0 aromatic rings. The van der Waals surface area contributed by atoms with Gasteiger partial charge in [0, 0.05) is 13.0 Å². The van der Waals surface area contributed by atoms with Gasteiger partial charge in [0.2, 0.25) is 0 Å². The van der Waals surface area contributed by atoms with Crippen LogP contribution in [0.1, 0.15) is 168 Å². The summed E-state index contributed by atoms with van der Waals surface area (Å²) in [5.74, 6) is -0.391. The van der Waals surface area contributed by atoms with Gasteiger partial charge in [-0.1, -0.05) is 145 Å². The van der Waals surface area contributed by atoms with Crippen LogP contribution in [-0.2, 0) is 33.2 Å². The molecule has 0 aliphatic carbocycles. The van der Waals surface area contributed by atoms with E-state index in [1.54, 1.807) is 0 Å². The minimum Gasteiger partial charge on any atom is -0.457 e. The molecule has 388 valence electrons. The van der Waals surface area contributed by atoms with Gasteiger partial charge >= 0.3 is 5.97 Å². The molecule has 2 aliphatic rings. The third kappa shape index (κ3) is 28.2. The summed E-state index contributed by atoms with van der Waals surface area (Å²) in [7, 11) is 0. The van der Waals surface area contributed by atoms with Gasteiger partial charge in [0.25, 0.3) is 0 Å². The number of carbonyl (C=O) groups is 1. The first-order chi connectivity index (χ1) is 32.6. The Hall–Kier alpha value is -2.31. The smallest absolute Gasteiger partial charge is 0.306 e. The highest BCUT2D eigenvalue weighted by Gasteiger charge is 2.47. The topological polar surface area (TPSA) is 214 Å². The molecule has 0 amide bonds. The number of esters is 1. The predicted octanol–water partition coefficient (Wildman–Crippen LogP) is 7.74. The molecule has 14 heteroatoms. The van der Waals surface area contributed by atoms with Crippen LogP contribution in [0.15, 0.2) is 60.8 Å². The number of aliphatic hydroxyl groups excluding tert-OH is 7. The molecule has 2 saturated heterocycles. The van der Waals surface area contributed by atoms with Gasteiger partial charge in [-0.3, -0.25) is 4.79 Å². The van der Waals surface area contributed by atoms with E-state index >= 15 is 0 Å². The number of hydrogen-bond acceptors (Lipinski definition) is 14. The molecule has 0 aromatic heterocycles. The predicted molar refractivity (Wildman–Crippen MR) is 261 cm³/mol. The van der Waals surface area contributed by atoms with Crippen LogP contribution in [0.3, 0.4) is 0 Å². The molecule has 14 nitrogen and oxygen atoms in total. The van der Waals surface area contributed by atoms with Crippen LogP contribution in [-0.4, -0.2) is 142 Å². The Kier molecular flexibility index (Phi) is 36.7. The number of hydrogen-bond donors (Lipinski definition) is 7. The summed E-state index contributed by atoms with van der Waals surface area (Å²) >= 11 is 0. The van der Waals surface area contributed by atoms with E-state index in [0.717, 1.165) is 83.5 Å². The van der Waals surface area contributed by atoms with Crippen molar-refractivity contribution in [2.75, 3.05) is 33.0 Å². The monoisotopic (exact) mass is 953 g/mol. The van der Waals surface area contributed by atoms with Crippen molar-refractivity contribution in [3.8, 4) is 0 Å². The van der Waals surface area contributed by atoms with Crippen molar-refractivity contribution in [1.29, 1.82) is 0 Å². The van der Waals surface area contributed by atoms with E-state index in [9.17, 15) is 40.5 Å². The van der Waals surface area contributed by atoms with E-state index in [1.165, 1.54) is 57.8 Å². The van der Waals surface area contributed by atoms with Gasteiger partial charge in [-0.15, -0.1) is 0 Å². The Morgan fingerprint density at radius 2 is 0.970 bits per heavy atom. The Labute approximate surface area is 403 Å². The van der Waals surface area contributed by atoms with Crippen molar-refractivity contribution in [1.82, 2.24) is 0 Å². The number of allylic oxidation sites excluding steroid dienone is 10. The number of rotatable bonds is 40. The standard InChI is InChI=1S/C53H92O14/c1-3-5-7-9-11-13-15-17-19-20-21-22-23-24-26-28-30-32-34-36-45(55)65-42(39-62-37-35-33-31-29-27-25-18-16-14-12-10-8-6-4-2)40-63-52-51(61)49(59)47(57)44(67-52)41-64-53-50(60)48(58)46(56)43(38-54)66-53/h6,8,11-14,17-19,25,42-44,46-54,56-61H,3-5,7,9-10,15-16,20-24,26-41H2,1-2H3/b8-6-,13-11-,14-12-,19-17-,25-18-. The molecular formula is C53H92O14. The van der Waals surface area contributed by atoms with Crippen molar-refractivity contribution >= 4 is 5.97 Å². The average molecular weight is 953 g/mol. The number of unbranched alkanes of at least 4 members (excludes halogenated alkanes) is 16. The molecular weight excluding hydrogens is 861 g/mol. The first-order valence-electron chi connectivity index (χ1n) is 25.9. The largest absolute Gasteiger partial charge is 0.457 e. The lowest BCUT2D eigenvalue weighted by Crippen LogP contribution is -2.61. The number of ether oxygens (including phenoxy) is 6. The zero-order valence-electron chi connectivity index (χ0n) is 41.1. The molecule has 2 fully saturated rings. The lowest BCUT2D eigenvalue weighted by atomic mass is 9.98. The highest BCUT2D eigenvalue weighted by molar-refractivity contribution is 5.69. The summed E-state index contributed by atoms with van der Waals surface area (Å²) in [4.78, 5) is 13.0. The lowest BCUT2D eigenvalue weighted by molar-refractivity contribution is -0.332. The van der Waals surface area contributed by atoms with Gasteiger partial charge in [-0.25, -0.2) is 0 Å². The van der Waals surface area contributed by atoms with Crippen molar-refractivity contribution in [2.45, 2.75) is 235 Å². The SMILES string of the molecule is CC/C=C\C/C=C\C/C=C\CCCCCCOCC(COC1OC(COC2OC(CO)C(O)C(O)C2O)C(O)C(O)C1O)OC(=O)CCCCCCCCCCC/C=C\C/C=C\CCCCC. The number of aliphatic hydroxyl groups is 7. The summed E-state index contributed by atoms with van der Waals surface area (Å²) in [6.45, 7) is 3.48. The van der Waals surface area contributed by atoms with Gasteiger partial charge in [0.1, 0.15) is 54.9 Å². The van der Waals surface area contributed by atoms with Gasteiger partial charge in [-0.2, -0.15) is 0 Å². The van der Waals surface area contributed by atoms with Crippen LogP contribution >= 0.6 is 0 Å². The molecule has 0 bridgehead atoms. The third-order valence-corrected chi connectivity index (χ3v) is 12.0. The van der Waals surface area contributed by atoms with Crippen molar-refractivity contribution in [2.24, 2.45) is 0 Å². The maximum Gasteiger partial charge on any atom is 0.306 e. The van der Waals surface area contributed by atoms with Crippen LogP contribution in [0, 0.1) is 0 Å². The fourth-order valence-electron chi connectivity index (χ4n) is 7.80. The van der Waals surface area contributed by atoms with E-state index in [1.807, 2.05) is 0 Å². The van der Waals surface area contributed by atoms with E-state index in [0.29, 0.717) is 13.0 Å². The van der Waals surface area contributed by atoms with Gasteiger partial charge in [-0.05, 0) is 77.0 Å². The molecule has 11 atom stereocenters. The summed E-state index contributed by atoms with van der Waals surface area (Å²) in [5.41, 5.74) is 0. The van der Waals surface area contributed by atoms with Crippen LogP contribution in [0.5, 0.6) is 0 Å². The summed E-state index contributed by atoms with van der Waals surface area (Å²) < 4.78 is 34.2. The Morgan fingerprint density at radius 3 is 1.52 bits per heavy atom. The zero-order chi connectivity index (χ0) is 48.7. The average Bonchev–Trinajstić information content (AvgIpc) is 3.32. The summed E-state index contributed by atoms with van der Waals surface area (Å²) in [6.07, 6.45) is 31.4. The second-order valence-corrected chi connectivity index (χ2v) is 18.0. The van der Waals surface area contributed by atoms with Crippen molar-refractivity contribution < 1.29 is 69.0 Å². The van der Waals surface area contributed by atoms with Gasteiger partial charge in [0.15, 0.2) is 12.6 Å². The molecule has 0 radical (unpaired) electrons. The Bertz CT molecular complexity index is 1340. The summed E-state index contributed by atoms with van der Waals surface area (Å²) in [6, 6.07) is 0. The van der Waals surface area contributed by atoms with Gasteiger partial charge in [0.05, 0.1) is 26.4 Å². The van der Waals surface area contributed by atoms with E-state index in [4.69, 9.17) is 28.4 Å². The lowest BCUT2D eigenvalue weighted by Gasteiger charge is -2.42. The molecule has 0 saturated carbocycles. The fourth-order valence-corrected chi connectivity index (χ4v) is 7.80. The normalized spacial score (nSPS) is 26.6. The third-order valence-electron chi connectivity index (χ3n) is 12.0. The molecule has 7 N–H and O–H groups in total. The molecule has 2 aliphatic heterocycles. The van der Waals surface area contributed by atoms with E-state index in [-0.39, 0.29) is 19.6 Å². The second kappa shape index (κ2) is 40.4. The van der Waals surface area contributed by atoms with Crippen LogP contribution in [0.2, 0.25) is 0 Å². The van der Waals surface area contributed by atoms with Crippen molar-refractivity contribution in [3.05, 3.63) is 60.8 Å². The second-order valence-electron chi connectivity index (χ2n) is 18.0. The van der Waals surface area contributed by atoms with Crippen LogP contribution < -0.4 is 0 Å². The van der Waals surface area contributed by atoms with Crippen LogP contribution in [0.25, 0.3) is 0 Å². The quantitative estimate of drug-likeness (QED) is 0.0178. The molecule has 2 heterocycles. The molecule has 11 unspecified atom stereocenters. The summed E-state index contributed by atoms with van der Waals surface area (Å²) in [5, 5.41) is 72.1. The van der Waals surface area contributed by atoms with Crippen molar-refractivity contribution in [3.63, 3.8) is 0 Å². The molecule has 0 spiro atoms. The van der Waals surface area contributed by atoms with Gasteiger partial charge < -0.3 is 64.2 Å². The first kappa shape index (κ1) is 60.8. The Balaban J connectivity index is 1.77. The maximum absolute atomic E-state index is 13.0. The van der Waals surface area contributed by atoms with Crippen LogP contribution in [0.4, 0.5) is 0 Å². The highest BCUT2D eigenvalue weighted by Crippen LogP contribution is 2.26. The minimum absolute atomic E-state index is 0.0424. The minimum atomic E-state index is -1.71.